The van der Waals surface area contributed by atoms with Crippen LogP contribution in [0.5, 0.6) is 0 Å². The molecule has 4 nitrogen and oxygen atoms in total. The van der Waals surface area contributed by atoms with E-state index >= 15 is 0 Å². The van der Waals surface area contributed by atoms with E-state index in [0.29, 0.717) is 6.61 Å². The van der Waals surface area contributed by atoms with Gasteiger partial charge < -0.3 is 15.2 Å². The molecule has 0 heterocycles. The fourth-order valence-corrected chi connectivity index (χ4v) is 1.32. The Morgan fingerprint density at radius 1 is 1.31 bits per heavy atom. The number of aliphatic carboxylic acids is 1. The van der Waals surface area contributed by atoms with Gasteiger partial charge in [0.1, 0.15) is 5.54 Å². The largest absolute Gasteiger partial charge is 0.480 e. The predicted molar refractivity (Wildman–Crippen MR) is 64.7 cm³/mol. The molecule has 0 aliphatic rings. The maximum atomic E-state index is 10.9. The molecular formula is C12H25NO3. The van der Waals surface area contributed by atoms with Crippen LogP contribution in [-0.2, 0) is 9.53 Å². The number of hydrogen-bond acceptors (Lipinski definition) is 3. The zero-order valence-corrected chi connectivity index (χ0v) is 10.7. The van der Waals surface area contributed by atoms with Gasteiger partial charge in [-0.3, -0.25) is 4.79 Å². The van der Waals surface area contributed by atoms with Crippen LogP contribution in [0.2, 0.25) is 0 Å². The highest BCUT2D eigenvalue weighted by atomic mass is 16.5. The molecule has 0 amide bonds. The van der Waals surface area contributed by atoms with Gasteiger partial charge in [0.05, 0.1) is 6.61 Å². The normalized spacial score (nSPS) is 14.7. The first kappa shape index (κ1) is 15.4. The molecule has 0 radical (unpaired) electrons. The number of likely N-dealkylation sites (N-methyl/N-ethyl adjacent to an activating group) is 1. The van der Waals surface area contributed by atoms with Crippen LogP contribution in [0.25, 0.3) is 0 Å². The molecule has 0 fully saturated rings. The van der Waals surface area contributed by atoms with Gasteiger partial charge in [0.25, 0.3) is 0 Å². The van der Waals surface area contributed by atoms with E-state index < -0.39 is 11.5 Å². The van der Waals surface area contributed by atoms with Gasteiger partial charge >= 0.3 is 5.97 Å². The van der Waals surface area contributed by atoms with Crippen molar-refractivity contribution in [2.24, 2.45) is 0 Å². The van der Waals surface area contributed by atoms with Crippen molar-refractivity contribution >= 4 is 5.97 Å². The van der Waals surface area contributed by atoms with Gasteiger partial charge in [-0.2, -0.15) is 0 Å². The van der Waals surface area contributed by atoms with Crippen LogP contribution in [0.4, 0.5) is 0 Å². The van der Waals surface area contributed by atoms with Crippen LogP contribution in [0.15, 0.2) is 0 Å². The smallest absolute Gasteiger partial charge is 0.326 e. The summed E-state index contributed by atoms with van der Waals surface area (Å²) >= 11 is 0. The minimum atomic E-state index is -0.969. The molecule has 0 aromatic rings. The van der Waals surface area contributed by atoms with Crippen molar-refractivity contribution < 1.29 is 14.6 Å². The molecule has 4 heteroatoms. The summed E-state index contributed by atoms with van der Waals surface area (Å²) in [7, 11) is 1.64. The summed E-state index contributed by atoms with van der Waals surface area (Å²) in [6.07, 6.45) is 5.92. The highest BCUT2D eigenvalue weighted by Gasteiger charge is 2.31. The van der Waals surface area contributed by atoms with E-state index in [1.165, 1.54) is 19.3 Å². The molecular weight excluding hydrogens is 206 g/mol. The molecule has 96 valence electrons. The summed E-state index contributed by atoms with van der Waals surface area (Å²) < 4.78 is 5.39. The molecule has 0 aromatic heterocycles. The Morgan fingerprint density at radius 2 is 1.94 bits per heavy atom. The van der Waals surface area contributed by atoms with Crippen molar-refractivity contribution in [3.05, 3.63) is 0 Å². The zero-order valence-electron chi connectivity index (χ0n) is 10.7. The molecule has 0 aromatic carbocycles. The average molecular weight is 231 g/mol. The van der Waals surface area contributed by atoms with Crippen LogP contribution in [0, 0.1) is 0 Å². The molecule has 16 heavy (non-hydrogen) atoms. The third kappa shape index (κ3) is 6.08. The first-order valence-corrected chi connectivity index (χ1v) is 6.07. The van der Waals surface area contributed by atoms with Crippen molar-refractivity contribution in [3.63, 3.8) is 0 Å². The quantitative estimate of drug-likeness (QED) is 0.565. The third-order valence-electron chi connectivity index (χ3n) is 2.81. The Hall–Kier alpha value is -0.610. The number of rotatable bonds is 10. The highest BCUT2D eigenvalue weighted by Crippen LogP contribution is 2.06. The topological polar surface area (TPSA) is 58.6 Å². The first-order chi connectivity index (χ1) is 7.56. The number of ether oxygens (including phenoxy) is 1. The van der Waals surface area contributed by atoms with Crippen LogP contribution < -0.4 is 5.32 Å². The summed E-state index contributed by atoms with van der Waals surface area (Å²) in [6.45, 7) is 4.68. The summed E-state index contributed by atoms with van der Waals surface area (Å²) in [5.41, 5.74) is -0.969. The first-order valence-electron chi connectivity index (χ1n) is 6.07. The van der Waals surface area contributed by atoms with Crippen molar-refractivity contribution in [2.75, 3.05) is 20.3 Å². The van der Waals surface area contributed by atoms with Crippen molar-refractivity contribution in [2.45, 2.75) is 51.5 Å². The SMILES string of the molecule is CCCCCCCOCC(C)(NC)C(=O)O. The van der Waals surface area contributed by atoms with E-state index in [9.17, 15) is 4.79 Å². The number of carbonyl (C=O) groups is 1. The predicted octanol–water partition coefficient (Wildman–Crippen LogP) is 2.04. The summed E-state index contributed by atoms with van der Waals surface area (Å²) in [4.78, 5) is 10.9. The van der Waals surface area contributed by atoms with Gasteiger partial charge in [0, 0.05) is 6.61 Å². The summed E-state index contributed by atoms with van der Waals surface area (Å²) in [5, 5.41) is 11.7. The van der Waals surface area contributed by atoms with Gasteiger partial charge in [0.2, 0.25) is 0 Å². The second kappa shape index (κ2) is 8.53. The number of unbranched alkanes of at least 4 members (excludes halogenated alkanes) is 4. The number of hydrogen-bond donors (Lipinski definition) is 2. The lowest BCUT2D eigenvalue weighted by atomic mass is 10.1. The molecule has 0 saturated heterocycles. The Kier molecular flexibility index (Phi) is 8.21. The minimum Gasteiger partial charge on any atom is -0.480 e. The second-order valence-corrected chi connectivity index (χ2v) is 4.35. The maximum Gasteiger partial charge on any atom is 0.326 e. The van der Waals surface area contributed by atoms with Crippen LogP contribution >= 0.6 is 0 Å². The third-order valence-corrected chi connectivity index (χ3v) is 2.81. The minimum absolute atomic E-state index is 0.215. The van der Waals surface area contributed by atoms with Crippen molar-refractivity contribution in [3.8, 4) is 0 Å². The van der Waals surface area contributed by atoms with E-state index in [1.54, 1.807) is 14.0 Å². The Bertz CT molecular complexity index is 197. The summed E-state index contributed by atoms with van der Waals surface area (Å²) in [5.74, 6) is -0.874. The van der Waals surface area contributed by atoms with Crippen LogP contribution in [-0.4, -0.2) is 36.9 Å². The van der Waals surface area contributed by atoms with E-state index in [-0.39, 0.29) is 6.61 Å². The fourth-order valence-electron chi connectivity index (χ4n) is 1.32. The van der Waals surface area contributed by atoms with E-state index in [2.05, 4.69) is 12.2 Å². The molecule has 2 N–H and O–H groups in total. The second-order valence-electron chi connectivity index (χ2n) is 4.35. The van der Waals surface area contributed by atoms with E-state index in [0.717, 1.165) is 12.8 Å². The lowest BCUT2D eigenvalue weighted by molar-refractivity contribution is -0.146. The average Bonchev–Trinajstić information content (AvgIpc) is 2.27. The molecule has 0 rings (SSSR count). The van der Waals surface area contributed by atoms with Gasteiger partial charge in [0.15, 0.2) is 0 Å². The zero-order chi connectivity index (χ0) is 12.4. The maximum absolute atomic E-state index is 10.9. The molecule has 0 aliphatic heterocycles. The molecule has 0 bridgehead atoms. The standard InChI is InChI=1S/C12H25NO3/c1-4-5-6-7-8-9-16-10-12(2,13-3)11(14)15/h13H,4-10H2,1-3H3,(H,14,15). The monoisotopic (exact) mass is 231 g/mol. The number of carboxylic acid groups (broad SMARTS) is 1. The van der Waals surface area contributed by atoms with Gasteiger partial charge in [-0.1, -0.05) is 32.6 Å². The molecule has 0 spiro atoms. The highest BCUT2D eigenvalue weighted by molar-refractivity contribution is 5.78. The summed E-state index contributed by atoms with van der Waals surface area (Å²) in [6, 6.07) is 0. The van der Waals surface area contributed by atoms with Crippen molar-refractivity contribution in [1.29, 1.82) is 0 Å². The van der Waals surface area contributed by atoms with Crippen LogP contribution in [0.1, 0.15) is 46.0 Å². The Labute approximate surface area is 98.4 Å². The Balaban J connectivity index is 3.53. The lowest BCUT2D eigenvalue weighted by Crippen LogP contribution is -2.51. The number of carboxylic acids is 1. The molecule has 0 aliphatic carbocycles. The van der Waals surface area contributed by atoms with E-state index in [4.69, 9.17) is 9.84 Å². The Morgan fingerprint density at radius 3 is 2.44 bits per heavy atom. The van der Waals surface area contributed by atoms with E-state index in [1.807, 2.05) is 0 Å². The van der Waals surface area contributed by atoms with Gasteiger partial charge in [-0.15, -0.1) is 0 Å². The fraction of sp³-hybridized carbons (Fsp3) is 0.917. The molecule has 1 unspecified atom stereocenters. The number of nitrogens with one attached hydrogen (secondary N) is 1. The van der Waals surface area contributed by atoms with Crippen molar-refractivity contribution in [1.82, 2.24) is 5.32 Å². The van der Waals surface area contributed by atoms with Crippen LogP contribution in [0.3, 0.4) is 0 Å². The van der Waals surface area contributed by atoms with Gasteiger partial charge in [-0.05, 0) is 20.4 Å². The molecule has 1 atom stereocenters. The lowest BCUT2D eigenvalue weighted by Gasteiger charge is -2.23. The van der Waals surface area contributed by atoms with Gasteiger partial charge in [-0.25, -0.2) is 0 Å². The molecule has 0 saturated carbocycles.